The standard InChI is InChI=1S/C15H21N5O3S.ClH/c1-10-4-5-12(16)8-13(10)19-14(21)6-7-17-24(22,23)15-9-20(3)11(2)18-15;/h4-5,8-9,17H,6-7,16H2,1-3H3,(H,19,21);1H. The summed E-state index contributed by atoms with van der Waals surface area (Å²) in [5.74, 6) is 0.286. The summed E-state index contributed by atoms with van der Waals surface area (Å²) in [5, 5.41) is 2.66. The molecule has 1 aromatic heterocycles. The molecule has 0 aliphatic carbocycles. The number of carbonyl (C=O) groups is 1. The van der Waals surface area contributed by atoms with Gasteiger partial charge < -0.3 is 15.6 Å². The molecule has 25 heavy (non-hydrogen) atoms. The van der Waals surface area contributed by atoms with Gasteiger partial charge in [0.1, 0.15) is 5.82 Å². The Morgan fingerprint density at radius 1 is 1.32 bits per heavy atom. The minimum Gasteiger partial charge on any atom is -0.399 e. The van der Waals surface area contributed by atoms with E-state index < -0.39 is 10.0 Å². The molecule has 2 aromatic rings. The van der Waals surface area contributed by atoms with E-state index in [0.717, 1.165) is 5.56 Å². The molecule has 0 aliphatic heterocycles. The maximum atomic E-state index is 12.1. The molecule has 0 bridgehead atoms. The van der Waals surface area contributed by atoms with Gasteiger partial charge in [0.2, 0.25) is 5.91 Å². The molecular formula is C15H22ClN5O3S. The van der Waals surface area contributed by atoms with Crippen LogP contribution in [0.15, 0.2) is 29.4 Å². The van der Waals surface area contributed by atoms with Crippen LogP contribution in [0.2, 0.25) is 0 Å². The number of hydrogen-bond acceptors (Lipinski definition) is 5. The third-order valence-corrected chi connectivity index (χ3v) is 4.87. The van der Waals surface area contributed by atoms with Crippen molar-refractivity contribution >= 4 is 39.7 Å². The Kier molecular flexibility index (Phi) is 6.97. The first-order chi connectivity index (χ1) is 11.2. The van der Waals surface area contributed by atoms with Gasteiger partial charge in [-0.15, -0.1) is 12.4 Å². The Bertz CT molecular complexity index is 845. The molecular weight excluding hydrogens is 366 g/mol. The molecule has 8 nitrogen and oxygen atoms in total. The number of rotatable bonds is 6. The highest BCUT2D eigenvalue weighted by Gasteiger charge is 2.18. The lowest BCUT2D eigenvalue weighted by Gasteiger charge is -2.09. The lowest BCUT2D eigenvalue weighted by molar-refractivity contribution is -0.116. The summed E-state index contributed by atoms with van der Waals surface area (Å²) in [6.45, 7) is 3.53. The molecule has 1 amide bonds. The first-order valence-electron chi connectivity index (χ1n) is 7.34. The number of nitrogens with zero attached hydrogens (tertiary/aromatic N) is 2. The van der Waals surface area contributed by atoms with Crippen LogP contribution >= 0.6 is 12.4 Å². The van der Waals surface area contributed by atoms with E-state index in [1.165, 1.54) is 6.20 Å². The molecule has 1 aromatic carbocycles. The summed E-state index contributed by atoms with van der Waals surface area (Å²) in [6.07, 6.45) is 1.42. The second kappa shape index (κ2) is 8.32. The van der Waals surface area contributed by atoms with E-state index >= 15 is 0 Å². The van der Waals surface area contributed by atoms with Gasteiger partial charge in [0.05, 0.1) is 0 Å². The van der Waals surface area contributed by atoms with Crippen LogP contribution in [-0.4, -0.2) is 30.4 Å². The van der Waals surface area contributed by atoms with E-state index in [2.05, 4.69) is 15.0 Å². The molecule has 4 N–H and O–H groups in total. The molecule has 138 valence electrons. The van der Waals surface area contributed by atoms with Crippen molar-refractivity contribution in [2.45, 2.75) is 25.3 Å². The van der Waals surface area contributed by atoms with Crippen LogP contribution in [-0.2, 0) is 21.9 Å². The van der Waals surface area contributed by atoms with E-state index in [1.807, 2.05) is 6.92 Å². The fraction of sp³-hybridized carbons (Fsp3) is 0.333. The Hall–Kier alpha value is -2.10. The molecule has 0 aliphatic rings. The van der Waals surface area contributed by atoms with E-state index in [0.29, 0.717) is 17.2 Å². The minimum absolute atomic E-state index is 0. The molecule has 0 radical (unpaired) electrons. The highest BCUT2D eigenvalue weighted by molar-refractivity contribution is 7.89. The van der Waals surface area contributed by atoms with Crippen molar-refractivity contribution in [1.82, 2.24) is 14.3 Å². The normalized spacial score (nSPS) is 11.0. The topological polar surface area (TPSA) is 119 Å². The predicted octanol–water partition coefficient (Wildman–Crippen LogP) is 1.35. The number of anilines is 2. The van der Waals surface area contributed by atoms with Gasteiger partial charge in [-0.1, -0.05) is 6.07 Å². The Balaban J connectivity index is 0.00000312. The van der Waals surface area contributed by atoms with E-state index in [4.69, 9.17) is 5.73 Å². The van der Waals surface area contributed by atoms with Gasteiger partial charge in [-0.25, -0.2) is 18.1 Å². The third kappa shape index (κ3) is 5.45. The van der Waals surface area contributed by atoms with Gasteiger partial charge in [0.15, 0.2) is 5.03 Å². The number of hydrogen-bond donors (Lipinski definition) is 3. The first-order valence-corrected chi connectivity index (χ1v) is 8.83. The number of amides is 1. The zero-order chi connectivity index (χ0) is 17.9. The van der Waals surface area contributed by atoms with Crippen LogP contribution in [0.5, 0.6) is 0 Å². The Morgan fingerprint density at radius 2 is 2.00 bits per heavy atom. The first kappa shape index (κ1) is 20.9. The largest absolute Gasteiger partial charge is 0.399 e. The number of aromatic nitrogens is 2. The molecule has 0 fully saturated rings. The van der Waals surface area contributed by atoms with Crippen molar-refractivity contribution in [3.05, 3.63) is 35.8 Å². The number of imidazole rings is 1. The summed E-state index contributed by atoms with van der Waals surface area (Å²) in [6, 6.07) is 5.21. The number of nitrogens with one attached hydrogen (secondary N) is 2. The zero-order valence-corrected chi connectivity index (χ0v) is 15.9. The van der Waals surface area contributed by atoms with Crippen molar-refractivity contribution in [2.75, 3.05) is 17.6 Å². The van der Waals surface area contributed by atoms with Gasteiger partial charge >= 0.3 is 0 Å². The van der Waals surface area contributed by atoms with Gasteiger partial charge in [-0.2, -0.15) is 0 Å². The number of nitrogen functional groups attached to an aromatic ring is 1. The maximum absolute atomic E-state index is 12.1. The SMILES string of the molecule is Cc1ccc(N)cc1NC(=O)CCNS(=O)(=O)c1cn(C)c(C)n1.Cl. The molecule has 0 atom stereocenters. The number of sulfonamides is 1. The van der Waals surface area contributed by atoms with Gasteiger partial charge in [0.25, 0.3) is 10.0 Å². The van der Waals surface area contributed by atoms with Crippen LogP contribution in [0.3, 0.4) is 0 Å². The average Bonchev–Trinajstić information content (AvgIpc) is 2.83. The Labute approximate surface area is 153 Å². The second-order valence-corrected chi connectivity index (χ2v) is 7.22. The molecule has 0 unspecified atom stereocenters. The highest BCUT2D eigenvalue weighted by Crippen LogP contribution is 2.18. The van der Waals surface area contributed by atoms with Crippen LogP contribution in [0, 0.1) is 13.8 Å². The summed E-state index contributed by atoms with van der Waals surface area (Å²) in [5.41, 5.74) is 7.72. The number of aryl methyl sites for hydroxylation is 3. The third-order valence-electron chi connectivity index (χ3n) is 3.54. The van der Waals surface area contributed by atoms with Crippen molar-refractivity contribution in [3.63, 3.8) is 0 Å². The van der Waals surface area contributed by atoms with Crippen LogP contribution in [0.1, 0.15) is 17.8 Å². The van der Waals surface area contributed by atoms with Crippen molar-refractivity contribution in [1.29, 1.82) is 0 Å². The fourth-order valence-electron chi connectivity index (χ4n) is 2.02. The Morgan fingerprint density at radius 3 is 2.60 bits per heavy atom. The van der Waals surface area contributed by atoms with Gasteiger partial charge in [-0.05, 0) is 31.5 Å². The highest BCUT2D eigenvalue weighted by atomic mass is 35.5. The molecule has 0 saturated heterocycles. The van der Waals surface area contributed by atoms with E-state index in [9.17, 15) is 13.2 Å². The second-order valence-electron chi connectivity index (χ2n) is 5.51. The molecule has 0 spiro atoms. The maximum Gasteiger partial charge on any atom is 0.259 e. The van der Waals surface area contributed by atoms with Gasteiger partial charge in [0, 0.05) is 37.6 Å². The summed E-state index contributed by atoms with van der Waals surface area (Å²) >= 11 is 0. The van der Waals surface area contributed by atoms with Crippen molar-refractivity contribution in [2.24, 2.45) is 7.05 Å². The smallest absolute Gasteiger partial charge is 0.259 e. The van der Waals surface area contributed by atoms with Crippen LogP contribution < -0.4 is 15.8 Å². The number of carbonyl (C=O) groups excluding carboxylic acids is 1. The average molecular weight is 388 g/mol. The fourth-order valence-corrected chi connectivity index (χ4v) is 3.08. The predicted molar refractivity (Wildman–Crippen MR) is 99.2 cm³/mol. The van der Waals surface area contributed by atoms with Gasteiger partial charge in [-0.3, -0.25) is 4.79 Å². The summed E-state index contributed by atoms with van der Waals surface area (Å²) < 4.78 is 28.2. The van der Waals surface area contributed by atoms with Crippen molar-refractivity contribution in [3.8, 4) is 0 Å². The number of benzene rings is 1. The quantitative estimate of drug-likeness (QED) is 0.646. The molecule has 1 heterocycles. The summed E-state index contributed by atoms with van der Waals surface area (Å²) in [4.78, 5) is 15.9. The number of halogens is 1. The van der Waals surface area contributed by atoms with Crippen molar-refractivity contribution < 1.29 is 13.2 Å². The molecule has 0 saturated carbocycles. The lowest BCUT2D eigenvalue weighted by Crippen LogP contribution is -2.28. The number of nitrogens with two attached hydrogens (primary N) is 1. The summed E-state index contributed by atoms with van der Waals surface area (Å²) in [7, 11) is -2.02. The van der Waals surface area contributed by atoms with E-state index in [1.54, 1.807) is 36.7 Å². The molecule has 2 rings (SSSR count). The zero-order valence-electron chi connectivity index (χ0n) is 14.2. The van der Waals surface area contributed by atoms with Crippen LogP contribution in [0.4, 0.5) is 11.4 Å². The lowest BCUT2D eigenvalue weighted by atomic mass is 10.2. The monoisotopic (exact) mass is 387 g/mol. The van der Waals surface area contributed by atoms with E-state index in [-0.39, 0.29) is 36.3 Å². The minimum atomic E-state index is -3.73. The molecule has 10 heteroatoms. The van der Waals surface area contributed by atoms with Crippen LogP contribution in [0.25, 0.3) is 0 Å².